The lowest BCUT2D eigenvalue weighted by atomic mass is 10.0. The van der Waals surface area contributed by atoms with Gasteiger partial charge in [0.1, 0.15) is 11.6 Å². The number of carbonyl (C=O) groups is 2. The number of carbonyl (C=O) groups excluding carboxylic acids is 2. The van der Waals surface area contributed by atoms with E-state index in [1.54, 1.807) is 57.2 Å². The van der Waals surface area contributed by atoms with Gasteiger partial charge < -0.3 is 10.1 Å². The zero-order valence-electron chi connectivity index (χ0n) is 19.8. The molecule has 10 heteroatoms. The molecule has 3 rings (SSSR count). The molecule has 2 aromatic carbocycles. The Morgan fingerprint density at radius 1 is 1.17 bits per heavy atom. The highest BCUT2D eigenvalue weighted by molar-refractivity contribution is 7.92. The highest BCUT2D eigenvalue weighted by atomic mass is 35.5. The minimum Gasteiger partial charge on any atom is -0.444 e. The average Bonchev–Trinajstić information content (AvgIpc) is 3.25. The van der Waals surface area contributed by atoms with Crippen molar-refractivity contribution >= 4 is 33.4 Å². The molecule has 1 unspecified atom stereocenters. The van der Waals surface area contributed by atoms with Crippen molar-refractivity contribution in [3.8, 4) is 6.07 Å². The topological polar surface area (TPSA) is 117 Å². The highest BCUT2D eigenvalue weighted by Crippen LogP contribution is 2.33. The van der Waals surface area contributed by atoms with Gasteiger partial charge in [0.05, 0.1) is 33.7 Å². The average molecular weight is 518 g/mol. The Morgan fingerprint density at radius 2 is 1.80 bits per heavy atom. The molecule has 0 saturated carbocycles. The fourth-order valence-electron chi connectivity index (χ4n) is 3.94. The summed E-state index contributed by atoms with van der Waals surface area (Å²) in [7, 11) is -3.95. The maximum Gasteiger partial charge on any atom is 0.411 e. The number of nitrogens with zero attached hydrogens (tertiary/aromatic N) is 2. The summed E-state index contributed by atoms with van der Waals surface area (Å²) in [6.07, 6.45) is -0.908. The van der Waals surface area contributed by atoms with Gasteiger partial charge in [0.25, 0.3) is 0 Å². The molecule has 1 aliphatic rings. The Morgan fingerprint density at radius 3 is 2.40 bits per heavy atom. The fraction of sp³-hybridized carbons (Fsp3) is 0.400. The summed E-state index contributed by atoms with van der Waals surface area (Å²) in [6, 6.07) is 15.4. The van der Waals surface area contributed by atoms with Crippen LogP contribution in [-0.2, 0) is 19.4 Å². The first-order chi connectivity index (χ1) is 16.4. The summed E-state index contributed by atoms with van der Waals surface area (Å²) in [5.74, 6) is -0.558. The molecule has 0 radical (unpaired) electrons. The molecule has 8 nitrogen and oxygen atoms in total. The number of benzene rings is 2. The Bertz CT molecular complexity index is 1220. The number of nitriles is 1. The molecule has 0 bridgehead atoms. The maximum atomic E-state index is 13.4. The van der Waals surface area contributed by atoms with Gasteiger partial charge in [0, 0.05) is 6.54 Å². The lowest BCUT2D eigenvalue weighted by Crippen LogP contribution is -2.48. The van der Waals surface area contributed by atoms with E-state index in [0.717, 1.165) is 10.5 Å². The highest BCUT2D eigenvalue weighted by Gasteiger charge is 2.47. The van der Waals surface area contributed by atoms with Crippen molar-refractivity contribution in [3.05, 3.63) is 65.2 Å². The van der Waals surface area contributed by atoms with E-state index in [1.807, 2.05) is 6.07 Å². The van der Waals surface area contributed by atoms with Gasteiger partial charge in [-0.25, -0.2) is 13.2 Å². The summed E-state index contributed by atoms with van der Waals surface area (Å²) < 4.78 is 32.2. The van der Waals surface area contributed by atoms with E-state index in [1.165, 1.54) is 12.1 Å². The number of halogens is 1. The summed E-state index contributed by atoms with van der Waals surface area (Å²) in [5.41, 5.74) is -0.116. The van der Waals surface area contributed by atoms with Crippen LogP contribution in [0.15, 0.2) is 59.5 Å². The first kappa shape index (κ1) is 26.5. The molecule has 0 aliphatic carbocycles. The number of hydrogen-bond acceptors (Lipinski definition) is 6. The SMILES string of the molecule is CC(C)(C)OC(=O)N1C[C@H](S(=O)(=O)c2ccccc2Cl)C[C@H]1C(=O)NC(CC#N)c1ccccc1. The van der Waals surface area contributed by atoms with Crippen molar-refractivity contribution in [1.29, 1.82) is 5.26 Å². The molecule has 186 valence electrons. The zero-order chi connectivity index (χ0) is 25.8. The second-order valence-electron chi connectivity index (χ2n) is 9.32. The van der Waals surface area contributed by atoms with Gasteiger partial charge in [-0.1, -0.05) is 54.1 Å². The van der Waals surface area contributed by atoms with Crippen LogP contribution < -0.4 is 5.32 Å². The van der Waals surface area contributed by atoms with Crippen LogP contribution in [0, 0.1) is 11.3 Å². The Labute approximate surface area is 210 Å². The third kappa shape index (κ3) is 6.32. The van der Waals surface area contributed by atoms with Crippen LogP contribution in [0.5, 0.6) is 0 Å². The molecular formula is C25H28ClN3O5S. The minimum atomic E-state index is -3.95. The monoisotopic (exact) mass is 517 g/mol. The van der Waals surface area contributed by atoms with Gasteiger partial charge in [0.15, 0.2) is 9.84 Å². The lowest BCUT2D eigenvalue weighted by Gasteiger charge is -2.29. The van der Waals surface area contributed by atoms with Crippen molar-refractivity contribution in [2.24, 2.45) is 0 Å². The van der Waals surface area contributed by atoms with Gasteiger partial charge in [-0.3, -0.25) is 9.69 Å². The zero-order valence-corrected chi connectivity index (χ0v) is 21.3. The summed E-state index contributed by atoms with van der Waals surface area (Å²) in [6.45, 7) is 4.83. The van der Waals surface area contributed by atoms with Crippen LogP contribution >= 0.6 is 11.6 Å². The van der Waals surface area contributed by atoms with Crippen molar-refractivity contribution < 1.29 is 22.7 Å². The number of sulfone groups is 1. The second kappa shape index (κ2) is 10.7. The molecule has 1 heterocycles. The van der Waals surface area contributed by atoms with Crippen molar-refractivity contribution in [2.45, 2.75) is 61.4 Å². The third-order valence-electron chi connectivity index (χ3n) is 5.59. The van der Waals surface area contributed by atoms with Crippen LogP contribution in [0.3, 0.4) is 0 Å². The van der Waals surface area contributed by atoms with Crippen molar-refractivity contribution in [2.75, 3.05) is 6.54 Å². The van der Waals surface area contributed by atoms with E-state index in [-0.39, 0.29) is 29.3 Å². The van der Waals surface area contributed by atoms with E-state index in [2.05, 4.69) is 11.4 Å². The van der Waals surface area contributed by atoms with E-state index in [0.29, 0.717) is 0 Å². The van der Waals surface area contributed by atoms with E-state index in [4.69, 9.17) is 16.3 Å². The number of likely N-dealkylation sites (tertiary alicyclic amines) is 1. The van der Waals surface area contributed by atoms with Gasteiger partial charge in [-0.2, -0.15) is 5.26 Å². The number of ether oxygens (including phenoxy) is 1. The quantitative estimate of drug-likeness (QED) is 0.611. The van der Waals surface area contributed by atoms with Crippen molar-refractivity contribution in [3.63, 3.8) is 0 Å². The number of hydrogen-bond donors (Lipinski definition) is 1. The van der Waals surface area contributed by atoms with Gasteiger partial charge in [0.2, 0.25) is 5.91 Å². The van der Waals surface area contributed by atoms with Gasteiger partial charge in [-0.15, -0.1) is 0 Å². The summed E-state index contributed by atoms with van der Waals surface area (Å²) >= 11 is 6.15. The van der Waals surface area contributed by atoms with Crippen molar-refractivity contribution in [1.82, 2.24) is 10.2 Å². The maximum absolute atomic E-state index is 13.4. The first-order valence-electron chi connectivity index (χ1n) is 11.1. The smallest absolute Gasteiger partial charge is 0.411 e. The van der Waals surface area contributed by atoms with Crippen LogP contribution in [-0.4, -0.2) is 48.8 Å². The molecule has 1 N–H and O–H groups in total. The van der Waals surface area contributed by atoms with Crippen LogP contribution in [0.1, 0.15) is 45.2 Å². The van der Waals surface area contributed by atoms with E-state index < -0.39 is 44.8 Å². The normalized spacial score (nSPS) is 19.0. The Kier molecular flexibility index (Phi) is 8.08. The molecule has 1 saturated heterocycles. The first-order valence-corrected chi connectivity index (χ1v) is 13.1. The Hall–Kier alpha value is -3.09. The largest absolute Gasteiger partial charge is 0.444 e. The molecule has 1 fully saturated rings. The van der Waals surface area contributed by atoms with Gasteiger partial charge >= 0.3 is 6.09 Å². The van der Waals surface area contributed by atoms with Crippen LogP contribution in [0.4, 0.5) is 4.79 Å². The molecule has 2 aromatic rings. The van der Waals surface area contributed by atoms with E-state index in [9.17, 15) is 23.3 Å². The Balaban J connectivity index is 1.91. The predicted molar refractivity (Wildman–Crippen MR) is 131 cm³/mol. The third-order valence-corrected chi connectivity index (χ3v) is 8.22. The van der Waals surface area contributed by atoms with Crippen LogP contribution in [0.2, 0.25) is 5.02 Å². The summed E-state index contributed by atoms with van der Waals surface area (Å²) in [4.78, 5) is 27.4. The molecule has 3 atom stereocenters. The molecule has 35 heavy (non-hydrogen) atoms. The second-order valence-corrected chi connectivity index (χ2v) is 11.9. The minimum absolute atomic E-state index is 0.0102. The molecule has 2 amide bonds. The van der Waals surface area contributed by atoms with E-state index >= 15 is 0 Å². The molecular weight excluding hydrogens is 490 g/mol. The molecule has 0 aromatic heterocycles. The number of rotatable bonds is 6. The standard InChI is InChI=1S/C25H28ClN3O5S/c1-25(2,3)34-24(31)29-16-18(35(32,33)22-12-8-7-11-19(22)26)15-21(29)23(30)28-20(13-14-27)17-9-5-4-6-10-17/h4-12,18,20-21H,13,15-16H2,1-3H3,(H,28,30)/t18-,20?,21+/m1/s1. The van der Waals surface area contributed by atoms with Gasteiger partial charge in [-0.05, 0) is 44.9 Å². The predicted octanol–water partition coefficient (Wildman–Crippen LogP) is 4.26. The summed E-state index contributed by atoms with van der Waals surface area (Å²) in [5, 5.41) is 11.1. The lowest BCUT2D eigenvalue weighted by molar-refractivity contribution is -0.126. The molecule has 1 aliphatic heterocycles. The fourth-order valence-corrected chi connectivity index (χ4v) is 6.16. The molecule has 0 spiro atoms. The number of amides is 2. The van der Waals surface area contributed by atoms with Crippen LogP contribution in [0.25, 0.3) is 0 Å². The number of nitrogens with one attached hydrogen (secondary N) is 1.